The van der Waals surface area contributed by atoms with E-state index in [4.69, 9.17) is 0 Å². The van der Waals surface area contributed by atoms with E-state index in [-0.39, 0.29) is 5.82 Å². The molecule has 2 aromatic carbocycles. The van der Waals surface area contributed by atoms with Crippen molar-refractivity contribution in [2.45, 2.75) is 18.9 Å². The average Bonchev–Trinajstić information content (AvgIpc) is 2.63. The largest absolute Gasteiger partial charge is 0.371 e. The van der Waals surface area contributed by atoms with Crippen LogP contribution < -0.4 is 10.2 Å². The van der Waals surface area contributed by atoms with Gasteiger partial charge in [-0.25, -0.2) is 14.4 Å². The van der Waals surface area contributed by atoms with E-state index in [9.17, 15) is 4.39 Å². The number of benzene rings is 2. The van der Waals surface area contributed by atoms with Gasteiger partial charge < -0.3 is 10.2 Å². The minimum absolute atomic E-state index is 0.189. The Hall–Kier alpha value is -2.69. The molecule has 0 unspecified atom stereocenters. The van der Waals surface area contributed by atoms with E-state index in [1.807, 2.05) is 36.4 Å². The molecule has 0 radical (unpaired) electrons. The SMILES string of the molecule is Fc1ccc(N2CCC(Nc3ncnc4ccccc34)CC2)cc1. The lowest BCUT2D eigenvalue weighted by Crippen LogP contribution is -2.39. The van der Waals surface area contributed by atoms with E-state index in [1.54, 1.807) is 6.33 Å². The third-order valence-electron chi connectivity index (χ3n) is 4.57. The molecule has 0 spiro atoms. The molecule has 5 heteroatoms. The van der Waals surface area contributed by atoms with Crippen LogP contribution in [0.15, 0.2) is 54.9 Å². The number of anilines is 2. The summed E-state index contributed by atoms with van der Waals surface area (Å²) in [5.74, 6) is 0.715. The molecule has 1 aliphatic rings. The first-order chi connectivity index (χ1) is 11.8. The molecular formula is C19H19FN4. The molecule has 0 aliphatic carbocycles. The molecule has 122 valence electrons. The van der Waals surface area contributed by atoms with Gasteiger partial charge in [0, 0.05) is 30.2 Å². The Balaban J connectivity index is 1.43. The maximum Gasteiger partial charge on any atom is 0.137 e. The highest BCUT2D eigenvalue weighted by atomic mass is 19.1. The highest BCUT2D eigenvalue weighted by molar-refractivity contribution is 5.88. The van der Waals surface area contributed by atoms with Crippen molar-refractivity contribution < 1.29 is 4.39 Å². The standard InChI is InChI=1S/C19H19FN4/c20-14-5-7-16(8-6-14)24-11-9-15(10-12-24)23-19-17-3-1-2-4-18(17)21-13-22-19/h1-8,13,15H,9-12H2,(H,21,22,23). The summed E-state index contributed by atoms with van der Waals surface area (Å²) >= 11 is 0. The number of nitrogens with one attached hydrogen (secondary N) is 1. The molecule has 1 N–H and O–H groups in total. The lowest BCUT2D eigenvalue weighted by Gasteiger charge is -2.34. The molecule has 0 atom stereocenters. The van der Waals surface area contributed by atoms with E-state index in [0.29, 0.717) is 6.04 Å². The summed E-state index contributed by atoms with van der Waals surface area (Å²) in [6.45, 7) is 1.90. The van der Waals surface area contributed by atoms with Crippen LogP contribution in [0.2, 0.25) is 0 Å². The second kappa shape index (κ2) is 6.43. The minimum atomic E-state index is -0.189. The van der Waals surface area contributed by atoms with Gasteiger partial charge in [0.05, 0.1) is 5.52 Å². The quantitative estimate of drug-likeness (QED) is 0.795. The molecule has 0 bridgehead atoms. The number of aromatic nitrogens is 2. The van der Waals surface area contributed by atoms with Gasteiger partial charge >= 0.3 is 0 Å². The Morgan fingerprint density at radius 2 is 1.71 bits per heavy atom. The summed E-state index contributed by atoms with van der Waals surface area (Å²) in [6, 6.07) is 15.2. The summed E-state index contributed by atoms with van der Waals surface area (Å²) < 4.78 is 13.0. The van der Waals surface area contributed by atoms with E-state index in [0.717, 1.165) is 48.3 Å². The monoisotopic (exact) mass is 322 g/mol. The summed E-state index contributed by atoms with van der Waals surface area (Å²) in [4.78, 5) is 11.0. The van der Waals surface area contributed by atoms with Gasteiger partial charge in [0.15, 0.2) is 0 Å². The topological polar surface area (TPSA) is 41.0 Å². The summed E-state index contributed by atoms with van der Waals surface area (Å²) in [5.41, 5.74) is 2.04. The maximum absolute atomic E-state index is 13.0. The van der Waals surface area contributed by atoms with Gasteiger partial charge in [0.1, 0.15) is 18.0 Å². The molecule has 1 saturated heterocycles. The average molecular weight is 322 g/mol. The predicted molar refractivity (Wildman–Crippen MR) is 94.8 cm³/mol. The number of piperidine rings is 1. The molecule has 0 saturated carbocycles. The first-order valence-electron chi connectivity index (χ1n) is 8.26. The highest BCUT2D eigenvalue weighted by Gasteiger charge is 2.20. The van der Waals surface area contributed by atoms with Crippen LogP contribution in [0.25, 0.3) is 10.9 Å². The van der Waals surface area contributed by atoms with Gasteiger partial charge in [-0.3, -0.25) is 0 Å². The summed E-state index contributed by atoms with van der Waals surface area (Å²) in [5, 5.41) is 4.62. The van der Waals surface area contributed by atoms with E-state index in [1.165, 1.54) is 12.1 Å². The summed E-state index contributed by atoms with van der Waals surface area (Å²) in [6.07, 6.45) is 3.66. The van der Waals surface area contributed by atoms with Crippen molar-refractivity contribution in [3.63, 3.8) is 0 Å². The normalized spacial score (nSPS) is 15.6. The van der Waals surface area contributed by atoms with Crippen LogP contribution in [0.1, 0.15) is 12.8 Å². The molecule has 4 nitrogen and oxygen atoms in total. The Kier molecular flexibility index (Phi) is 3.99. The lowest BCUT2D eigenvalue weighted by molar-refractivity contribution is 0.525. The first kappa shape index (κ1) is 14.9. The third-order valence-corrected chi connectivity index (χ3v) is 4.57. The smallest absolute Gasteiger partial charge is 0.137 e. The Morgan fingerprint density at radius 1 is 0.958 bits per heavy atom. The van der Waals surface area contributed by atoms with E-state index < -0.39 is 0 Å². The van der Waals surface area contributed by atoms with Crippen LogP contribution in [-0.2, 0) is 0 Å². The molecule has 3 aromatic rings. The maximum atomic E-state index is 13.0. The zero-order chi connectivity index (χ0) is 16.4. The number of rotatable bonds is 3. The van der Waals surface area contributed by atoms with Gasteiger partial charge in [0.2, 0.25) is 0 Å². The molecule has 0 amide bonds. The van der Waals surface area contributed by atoms with Crippen LogP contribution in [0.5, 0.6) is 0 Å². The van der Waals surface area contributed by atoms with Gasteiger partial charge in [-0.1, -0.05) is 12.1 Å². The van der Waals surface area contributed by atoms with Crippen LogP contribution >= 0.6 is 0 Å². The number of hydrogen-bond donors (Lipinski definition) is 1. The van der Waals surface area contributed by atoms with Gasteiger partial charge in [-0.15, -0.1) is 0 Å². The Bertz CT molecular complexity index is 821. The van der Waals surface area contributed by atoms with Gasteiger partial charge in [-0.2, -0.15) is 0 Å². The van der Waals surface area contributed by atoms with Crippen LogP contribution in [0.4, 0.5) is 15.9 Å². The fourth-order valence-corrected chi connectivity index (χ4v) is 3.25. The van der Waals surface area contributed by atoms with Crippen molar-refractivity contribution in [3.8, 4) is 0 Å². The van der Waals surface area contributed by atoms with E-state index in [2.05, 4.69) is 20.2 Å². The molecule has 1 aliphatic heterocycles. The zero-order valence-corrected chi connectivity index (χ0v) is 13.3. The number of fused-ring (bicyclic) bond motifs is 1. The molecule has 24 heavy (non-hydrogen) atoms. The molecular weight excluding hydrogens is 303 g/mol. The van der Waals surface area contributed by atoms with Crippen LogP contribution in [-0.4, -0.2) is 29.1 Å². The van der Waals surface area contributed by atoms with Crippen LogP contribution in [0.3, 0.4) is 0 Å². The van der Waals surface area contributed by atoms with Crippen molar-refractivity contribution in [2.75, 3.05) is 23.3 Å². The van der Waals surface area contributed by atoms with E-state index >= 15 is 0 Å². The highest BCUT2D eigenvalue weighted by Crippen LogP contribution is 2.24. The third kappa shape index (κ3) is 3.02. The second-order valence-electron chi connectivity index (χ2n) is 6.12. The molecule has 1 aromatic heterocycles. The summed E-state index contributed by atoms with van der Waals surface area (Å²) in [7, 11) is 0. The second-order valence-corrected chi connectivity index (χ2v) is 6.12. The fourth-order valence-electron chi connectivity index (χ4n) is 3.25. The number of para-hydroxylation sites is 1. The van der Waals surface area contributed by atoms with Crippen molar-refractivity contribution in [2.24, 2.45) is 0 Å². The zero-order valence-electron chi connectivity index (χ0n) is 13.3. The molecule has 2 heterocycles. The van der Waals surface area contributed by atoms with Gasteiger partial charge in [0.25, 0.3) is 0 Å². The Morgan fingerprint density at radius 3 is 2.50 bits per heavy atom. The Labute approximate surface area is 140 Å². The van der Waals surface area contributed by atoms with Crippen molar-refractivity contribution in [3.05, 3.63) is 60.7 Å². The van der Waals surface area contributed by atoms with Crippen LogP contribution in [0, 0.1) is 5.82 Å². The lowest BCUT2D eigenvalue weighted by atomic mass is 10.0. The van der Waals surface area contributed by atoms with Crippen molar-refractivity contribution in [1.82, 2.24) is 9.97 Å². The number of nitrogens with zero attached hydrogens (tertiary/aromatic N) is 3. The number of hydrogen-bond acceptors (Lipinski definition) is 4. The van der Waals surface area contributed by atoms with Crippen molar-refractivity contribution in [1.29, 1.82) is 0 Å². The van der Waals surface area contributed by atoms with Gasteiger partial charge in [-0.05, 0) is 49.2 Å². The minimum Gasteiger partial charge on any atom is -0.371 e. The predicted octanol–water partition coefficient (Wildman–Crippen LogP) is 3.85. The van der Waals surface area contributed by atoms with Crippen molar-refractivity contribution >= 4 is 22.4 Å². The first-order valence-corrected chi connectivity index (χ1v) is 8.26. The fraction of sp³-hybridized carbons (Fsp3) is 0.263. The molecule has 4 rings (SSSR count). The number of halogens is 1. The molecule has 1 fully saturated rings.